The lowest BCUT2D eigenvalue weighted by molar-refractivity contribution is 0.101. The standard InChI is InChI=1S/C25H33F2N7O3S2/c1-14-10-33(11-15(2)29-14)18-7-17(39(35,36)32-24(3)8-16(24)13-37-4)12-34-19(9-28-20(18)34)21-30-31-23(38-21)25(5-6-25)22(26)27/h7,9,12,14-16,22,29,32H,5-6,8,10-11,13H2,1-4H3/t14-,15-,16-,24-/m0/s1. The summed E-state index contributed by atoms with van der Waals surface area (Å²) in [4.78, 5) is 6.89. The van der Waals surface area contributed by atoms with E-state index in [0.717, 1.165) is 11.3 Å². The summed E-state index contributed by atoms with van der Waals surface area (Å²) in [6.07, 6.45) is 2.10. The van der Waals surface area contributed by atoms with Crippen molar-refractivity contribution in [2.45, 2.75) is 74.4 Å². The van der Waals surface area contributed by atoms with Gasteiger partial charge >= 0.3 is 0 Å². The number of aromatic nitrogens is 4. The molecule has 0 radical (unpaired) electrons. The Kier molecular flexibility index (Phi) is 6.49. The molecule has 10 nitrogen and oxygen atoms in total. The molecule has 3 aliphatic rings. The number of alkyl halides is 2. The highest BCUT2D eigenvalue weighted by Crippen LogP contribution is 2.54. The lowest BCUT2D eigenvalue weighted by atomic mass is 10.1. The van der Waals surface area contributed by atoms with Crippen LogP contribution in [0.25, 0.3) is 16.3 Å². The Bertz CT molecular complexity index is 1500. The van der Waals surface area contributed by atoms with E-state index in [-0.39, 0.29) is 22.9 Å². The molecule has 39 heavy (non-hydrogen) atoms. The Balaban J connectivity index is 1.44. The molecular weight excluding hydrogens is 548 g/mol. The maximum atomic E-state index is 13.7. The normalized spacial score (nSPS) is 28.4. The van der Waals surface area contributed by atoms with Crippen molar-refractivity contribution in [3.05, 3.63) is 23.5 Å². The van der Waals surface area contributed by atoms with Gasteiger partial charge in [-0.1, -0.05) is 11.3 Å². The number of fused-ring (bicyclic) bond motifs is 1. The maximum absolute atomic E-state index is 13.7. The van der Waals surface area contributed by atoms with E-state index in [1.165, 1.54) is 6.20 Å². The van der Waals surface area contributed by atoms with E-state index in [1.54, 1.807) is 23.8 Å². The first kappa shape index (κ1) is 26.9. The van der Waals surface area contributed by atoms with Crippen molar-refractivity contribution in [3.63, 3.8) is 0 Å². The summed E-state index contributed by atoms with van der Waals surface area (Å²) in [5, 5.41) is 12.6. The van der Waals surface area contributed by atoms with E-state index in [2.05, 4.69) is 44.0 Å². The van der Waals surface area contributed by atoms with Crippen LogP contribution in [0.1, 0.15) is 45.0 Å². The second-order valence-corrected chi connectivity index (χ2v) is 14.2. The molecule has 6 rings (SSSR count). The molecule has 1 aliphatic heterocycles. The molecule has 0 unspecified atom stereocenters. The number of pyridine rings is 1. The molecule has 2 N–H and O–H groups in total. The maximum Gasteiger partial charge on any atom is 0.250 e. The number of nitrogens with one attached hydrogen (secondary N) is 2. The molecule has 3 aromatic heterocycles. The molecule has 4 atom stereocenters. The molecule has 1 saturated heterocycles. The average molecular weight is 582 g/mol. The molecule has 3 aromatic rings. The third-order valence-electron chi connectivity index (χ3n) is 8.19. The monoisotopic (exact) mass is 581 g/mol. The molecule has 212 valence electrons. The molecule has 3 fully saturated rings. The minimum atomic E-state index is -3.91. The highest BCUT2D eigenvalue weighted by molar-refractivity contribution is 7.89. The van der Waals surface area contributed by atoms with Crippen molar-refractivity contribution >= 4 is 32.7 Å². The van der Waals surface area contributed by atoms with Crippen molar-refractivity contribution in [1.82, 2.24) is 29.6 Å². The number of halogens is 2. The SMILES string of the molecule is COC[C@@H]1C[C@]1(C)NS(=O)(=O)c1cc(N2C[C@H](C)N[C@@H](C)C2)c2ncc(-c3nnc(C4(C(F)F)CC4)s3)n2c1. The van der Waals surface area contributed by atoms with Crippen molar-refractivity contribution < 1.29 is 21.9 Å². The zero-order chi connectivity index (χ0) is 27.7. The number of ether oxygens (including phenoxy) is 1. The Hall–Kier alpha value is -2.26. The fourth-order valence-electron chi connectivity index (χ4n) is 5.68. The predicted molar refractivity (Wildman–Crippen MR) is 144 cm³/mol. The average Bonchev–Trinajstić information content (AvgIpc) is 3.64. The molecule has 2 saturated carbocycles. The molecule has 4 heterocycles. The van der Waals surface area contributed by atoms with Gasteiger partial charge in [-0.25, -0.2) is 26.9 Å². The third-order valence-corrected chi connectivity index (χ3v) is 10.9. The highest BCUT2D eigenvalue weighted by atomic mass is 32.2. The van der Waals surface area contributed by atoms with Crippen LogP contribution < -0.4 is 14.9 Å². The van der Waals surface area contributed by atoms with Crippen LogP contribution in [0.2, 0.25) is 0 Å². The first-order valence-electron chi connectivity index (χ1n) is 13.1. The molecule has 2 aliphatic carbocycles. The van der Waals surface area contributed by atoms with Crippen LogP contribution in [0.3, 0.4) is 0 Å². The fourth-order valence-corrected chi connectivity index (χ4v) is 8.27. The van der Waals surface area contributed by atoms with Gasteiger partial charge in [0.2, 0.25) is 10.0 Å². The Morgan fingerprint density at radius 1 is 1.26 bits per heavy atom. The van der Waals surface area contributed by atoms with E-state index in [9.17, 15) is 17.2 Å². The van der Waals surface area contributed by atoms with E-state index in [4.69, 9.17) is 4.74 Å². The quantitative estimate of drug-likeness (QED) is 0.397. The summed E-state index contributed by atoms with van der Waals surface area (Å²) in [6, 6.07) is 2.06. The van der Waals surface area contributed by atoms with Gasteiger partial charge in [-0.05, 0) is 46.1 Å². The van der Waals surface area contributed by atoms with Gasteiger partial charge in [-0.2, -0.15) is 0 Å². The largest absolute Gasteiger partial charge is 0.384 e. The molecular formula is C25H33F2N7O3S2. The summed E-state index contributed by atoms with van der Waals surface area (Å²) in [6.45, 7) is 7.88. The van der Waals surface area contributed by atoms with Crippen molar-refractivity contribution in [2.24, 2.45) is 5.92 Å². The van der Waals surface area contributed by atoms with E-state index < -0.39 is 27.4 Å². The van der Waals surface area contributed by atoms with Crippen LogP contribution in [0.4, 0.5) is 14.5 Å². The molecule has 0 aromatic carbocycles. The third kappa shape index (κ3) is 4.73. The van der Waals surface area contributed by atoms with Crippen LogP contribution in [0.5, 0.6) is 0 Å². The van der Waals surface area contributed by atoms with Crippen molar-refractivity contribution in [2.75, 3.05) is 31.7 Å². The summed E-state index contributed by atoms with van der Waals surface area (Å²) in [7, 11) is -2.30. The number of imidazole rings is 1. The molecule has 0 bridgehead atoms. The first-order valence-corrected chi connectivity index (χ1v) is 15.4. The smallest absolute Gasteiger partial charge is 0.250 e. The number of anilines is 1. The van der Waals surface area contributed by atoms with Gasteiger partial charge < -0.3 is 15.0 Å². The second-order valence-electron chi connectivity index (χ2n) is 11.5. The summed E-state index contributed by atoms with van der Waals surface area (Å²) < 4.78 is 64.7. The summed E-state index contributed by atoms with van der Waals surface area (Å²) >= 11 is 1.12. The van der Waals surface area contributed by atoms with Gasteiger partial charge in [0.1, 0.15) is 15.6 Å². The minimum absolute atomic E-state index is 0.100. The van der Waals surface area contributed by atoms with Crippen LogP contribution >= 0.6 is 11.3 Å². The number of hydrogen-bond donors (Lipinski definition) is 2. The van der Waals surface area contributed by atoms with Gasteiger partial charge in [0.15, 0.2) is 10.7 Å². The van der Waals surface area contributed by atoms with Gasteiger partial charge in [0.05, 0.1) is 23.9 Å². The number of sulfonamides is 1. The second kappa shape index (κ2) is 9.40. The van der Waals surface area contributed by atoms with E-state index in [0.29, 0.717) is 66.0 Å². The molecule has 0 spiro atoms. The Morgan fingerprint density at radius 2 is 1.97 bits per heavy atom. The van der Waals surface area contributed by atoms with E-state index in [1.807, 2.05) is 6.92 Å². The number of methoxy groups -OCH3 is 1. The number of piperazine rings is 1. The Morgan fingerprint density at radius 3 is 2.62 bits per heavy atom. The highest BCUT2D eigenvalue weighted by Gasteiger charge is 2.55. The first-order chi connectivity index (χ1) is 18.5. The summed E-state index contributed by atoms with van der Waals surface area (Å²) in [5.41, 5.74) is -0.0161. The van der Waals surface area contributed by atoms with E-state index >= 15 is 0 Å². The van der Waals surface area contributed by atoms with Crippen LogP contribution in [0.15, 0.2) is 23.4 Å². The van der Waals surface area contributed by atoms with Gasteiger partial charge in [0.25, 0.3) is 6.43 Å². The van der Waals surface area contributed by atoms with Gasteiger partial charge in [-0.15, -0.1) is 10.2 Å². The van der Waals surface area contributed by atoms with Crippen LogP contribution in [-0.4, -0.2) is 78.9 Å². The Labute approximate surface area is 230 Å². The molecule has 14 heteroatoms. The summed E-state index contributed by atoms with van der Waals surface area (Å²) in [5.74, 6) is 0.101. The predicted octanol–water partition coefficient (Wildman–Crippen LogP) is 3.04. The minimum Gasteiger partial charge on any atom is -0.384 e. The topological polar surface area (TPSA) is 114 Å². The number of hydrogen-bond acceptors (Lipinski definition) is 9. The van der Waals surface area contributed by atoms with Crippen molar-refractivity contribution in [1.29, 1.82) is 0 Å². The zero-order valence-corrected chi connectivity index (χ0v) is 24.0. The van der Waals surface area contributed by atoms with Crippen LogP contribution in [0, 0.1) is 5.92 Å². The fraction of sp³-hybridized carbons (Fsp3) is 0.640. The lowest BCUT2D eigenvalue weighted by Gasteiger charge is -2.37. The number of nitrogens with zero attached hydrogens (tertiary/aromatic N) is 5. The molecule has 0 amide bonds. The van der Waals surface area contributed by atoms with Crippen LogP contribution in [-0.2, 0) is 20.2 Å². The van der Waals surface area contributed by atoms with Crippen molar-refractivity contribution in [3.8, 4) is 10.7 Å². The lowest BCUT2D eigenvalue weighted by Crippen LogP contribution is -2.54. The van der Waals surface area contributed by atoms with Gasteiger partial charge in [0, 0.05) is 49.9 Å². The number of rotatable bonds is 9. The van der Waals surface area contributed by atoms with Gasteiger partial charge in [-0.3, -0.25) is 4.40 Å². The zero-order valence-electron chi connectivity index (χ0n) is 22.3.